The molecule has 0 saturated carbocycles. The third-order valence-electron chi connectivity index (χ3n) is 4.44. The molecule has 1 aromatic carbocycles. The summed E-state index contributed by atoms with van der Waals surface area (Å²) >= 11 is 0. The van der Waals surface area contributed by atoms with Gasteiger partial charge in [-0.05, 0) is 58.5 Å². The first-order valence-corrected chi connectivity index (χ1v) is 10.1. The number of alkyl halides is 3. The van der Waals surface area contributed by atoms with Crippen LogP contribution in [0.2, 0.25) is 0 Å². The maximum Gasteiger partial charge on any atom is 0.401 e. The van der Waals surface area contributed by atoms with Crippen molar-refractivity contribution < 1.29 is 13.2 Å². The van der Waals surface area contributed by atoms with Crippen LogP contribution in [0.4, 0.5) is 13.2 Å². The summed E-state index contributed by atoms with van der Waals surface area (Å²) in [6.07, 6.45) is -3.59. The van der Waals surface area contributed by atoms with Crippen LogP contribution in [-0.4, -0.2) is 60.0 Å². The smallest absolute Gasteiger partial charge is 0.357 e. The predicted molar refractivity (Wildman–Crippen MR) is 114 cm³/mol. The van der Waals surface area contributed by atoms with Crippen LogP contribution < -0.4 is 10.6 Å². The van der Waals surface area contributed by atoms with Crippen LogP contribution in [0.15, 0.2) is 35.3 Å². The van der Waals surface area contributed by atoms with Gasteiger partial charge in [0.05, 0.1) is 24.5 Å². The lowest BCUT2D eigenvalue weighted by molar-refractivity contribution is -0.143. The van der Waals surface area contributed by atoms with Gasteiger partial charge in [0.1, 0.15) is 0 Å². The Morgan fingerprint density at radius 3 is 2.57 bits per heavy atom. The van der Waals surface area contributed by atoms with E-state index in [-0.39, 0.29) is 0 Å². The van der Waals surface area contributed by atoms with Crippen molar-refractivity contribution in [1.29, 1.82) is 0 Å². The van der Waals surface area contributed by atoms with Gasteiger partial charge in [0.15, 0.2) is 5.96 Å². The molecular weight excluding hydrogens is 393 g/mol. The van der Waals surface area contributed by atoms with Gasteiger partial charge in [0.25, 0.3) is 0 Å². The predicted octanol–water partition coefficient (Wildman–Crippen LogP) is 3.43. The largest absolute Gasteiger partial charge is 0.401 e. The highest BCUT2D eigenvalue weighted by Crippen LogP contribution is 2.18. The Hall–Kier alpha value is -2.55. The molecule has 6 nitrogen and oxygen atoms in total. The van der Waals surface area contributed by atoms with E-state index in [1.165, 1.54) is 11.9 Å². The fourth-order valence-corrected chi connectivity index (χ4v) is 3.17. The monoisotopic (exact) mass is 424 g/mol. The number of halogens is 3. The third-order valence-corrected chi connectivity index (χ3v) is 4.44. The number of hydrogen-bond acceptors (Lipinski definition) is 3. The molecule has 1 aromatic heterocycles. The van der Waals surface area contributed by atoms with Gasteiger partial charge in [0.2, 0.25) is 0 Å². The summed E-state index contributed by atoms with van der Waals surface area (Å²) in [5, 5.41) is 10.9. The minimum atomic E-state index is -4.17. The molecular formula is C21H31F3N6. The molecule has 30 heavy (non-hydrogen) atoms. The number of nitrogens with zero attached hydrogens (tertiary/aromatic N) is 4. The molecule has 0 aliphatic carbocycles. The van der Waals surface area contributed by atoms with Crippen molar-refractivity contribution in [3.05, 3.63) is 47.3 Å². The summed E-state index contributed by atoms with van der Waals surface area (Å²) in [4.78, 5) is 5.92. The van der Waals surface area contributed by atoms with Crippen molar-refractivity contribution in [3.63, 3.8) is 0 Å². The van der Waals surface area contributed by atoms with Crippen LogP contribution in [0, 0.1) is 13.8 Å². The number of guanidine groups is 1. The van der Waals surface area contributed by atoms with Crippen molar-refractivity contribution in [2.24, 2.45) is 4.99 Å². The highest BCUT2D eigenvalue weighted by Gasteiger charge is 2.28. The van der Waals surface area contributed by atoms with Gasteiger partial charge in [-0.15, -0.1) is 0 Å². The Kier molecular flexibility index (Phi) is 8.71. The van der Waals surface area contributed by atoms with Crippen LogP contribution >= 0.6 is 0 Å². The summed E-state index contributed by atoms with van der Waals surface area (Å²) in [5.74, 6) is 0.638. The molecule has 0 radical (unpaired) electrons. The molecule has 0 fully saturated rings. The number of hydrogen-bond donors (Lipinski definition) is 2. The summed E-state index contributed by atoms with van der Waals surface area (Å²) < 4.78 is 39.1. The summed E-state index contributed by atoms with van der Waals surface area (Å²) in [5.41, 5.74) is 4.02. The zero-order valence-electron chi connectivity index (χ0n) is 18.1. The fourth-order valence-electron chi connectivity index (χ4n) is 3.17. The Labute approximate surface area is 176 Å². The lowest BCUT2D eigenvalue weighted by atomic mass is 10.2. The second kappa shape index (κ2) is 11.0. The number of para-hydroxylation sites is 1. The minimum absolute atomic E-state index is 0.354. The van der Waals surface area contributed by atoms with E-state index in [4.69, 9.17) is 0 Å². The molecule has 0 saturated heterocycles. The van der Waals surface area contributed by atoms with Crippen molar-refractivity contribution in [3.8, 4) is 5.69 Å². The molecule has 0 amide bonds. The molecule has 1 heterocycles. The van der Waals surface area contributed by atoms with Crippen molar-refractivity contribution >= 4 is 5.96 Å². The van der Waals surface area contributed by atoms with E-state index in [1.54, 1.807) is 0 Å². The van der Waals surface area contributed by atoms with Crippen molar-refractivity contribution in [2.45, 2.75) is 39.9 Å². The first-order valence-electron chi connectivity index (χ1n) is 10.1. The summed E-state index contributed by atoms with van der Waals surface area (Å²) in [6, 6.07) is 10.0. The molecule has 2 N–H and O–H groups in total. The molecule has 0 spiro atoms. The highest BCUT2D eigenvalue weighted by atomic mass is 19.4. The van der Waals surface area contributed by atoms with Crippen LogP contribution in [-0.2, 0) is 6.54 Å². The third kappa shape index (κ3) is 7.70. The molecule has 166 valence electrons. The average molecular weight is 425 g/mol. The number of aryl methyl sites for hydroxylation is 2. The normalized spacial score (nSPS) is 12.5. The van der Waals surface area contributed by atoms with Crippen LogP contribution in [0.5, 0.6) is 0 Å². The Bertz CT molecular complexity index is 828. The molecule has 0 unspecified atom stereocenters. The van der Waals surface area contributed by atoms with E-state index in [9.17, 15) is 13.2 Å². The molecule has 2 aromatic rings. The Morgan fingerprint density at radius 1 is 1.20 bits per heavy atom. The average Bonchev–Trinajstić information content (AvgIpc) is 3.00. The Balaban J connectivity index is 1.98. The molecule has 0 atom stereocenters. The van der Waals surface area contributed by atoms with Gasteiger partial charge in [-0.2, -0.15) is 18.3 Å². The lowest BCUT2D eigenvalue weighted by Crippen LogP contribution is -2.39. The second-order valence-electron chi connectivity index (χ2n) is 7.30. The van der Waals surface area contributed by atoms with E-state index < -0.39 is 12.7 Å². The van der Waals surface area contributed by atoms with E-state index >= 15 is 0 Å². The van der Waals surface area contributed by atoms with Crippen molar-refractivity contribution in [1.82, 2.24) is 25.3 Å². The number of benzene rings is 1. The van der Waals surface area contributed by atoms with E-state index in [0.29, 0.717) is 38.6 Å². The zero-order chi connectivity index (χ0) is 22.1. The molecule has 0 aliphatic rings. The van der Waals surface area contributed by atoms with E-state index in [1.807, 2.05) is 55.8 Å². The first-order chi connectivity index (χ1) is 14.2. The van der Waals surface area contributed by atoms with Gasteiger partial charge in [-0.25, -0.2) is 9.67 Å². The molecule has 2 rings (SSSR count). The van der Waals surface area contributed by atoms with Gasteiger partial charge >= 0.3 is 6.18 Å². The van der Waals surface area contributed by atoms with Gasteiger partial charge in [-0.1, -0.05) is 18.2 Å². The second-order valence-corrected chi connectivity index (χ2v) is 7.30. The maximum absolute atomic E-state index is 12.4. The molecule has 0 bridgehead atoms. The molecule has 9 heteroatoms. The van der Waals surface area contributed by atoms with Gasteiger partial charge < -0.3 is 10.6 Å². The number of rotatable bonds is 9. The molecule has 0 aliphatic heterocycles. The van der Waals surface area contributed by atoms with Gasteiger partial charge in [-0.3, -0.25) is 4.90 Å². The number of nitrogens with one attached hydrogen (secondary N) is 2. The fraction of sp³-hybridized carbons (Fsp3) is 0.524. The quantitative estimate of drug-likeness (QED) is 0.368. The zero-order valence-corrected chi connectivity index (χ0v) is 18.1. The number of aromatic nitrogens is 2. The van der Waals surface area contributed by atoms with Crippen LogP contribution in [0.3, 0.4) is 0 Å². The summed E-state index contributed by atoms with van der Waals surface area (Å²) in [6.45, 7) is 7.09. The van der Waals surface area contributed by atoms with E-state index in [0.717, 1.165) is 22.6 Å². The lowest BCUT2D eigenvalue weighted by Gasteiger charge is -2.19. The van der Waals surface area contributed by atoms with Crippen LogP contribution in [0.25, 0.3) is 5.69 Å². The van der Waals surface area contributed by atoms with Gasteiger partial charge in [0, 0.05) is 18.8 Å². The minimum Gasteiger partial charge on any atom is -0.357 e. The Morgan fingerprint density at radius 2 is 1.93 bits per heavy atom. The standard InChI is InChI=1S/C21H31F3N6/c1-5-25-20(26-11-8-12-29(4)15-21(22,23)24)27-14-18-9-6-7-10-19(18)30-17(3)13-16(2)28-30/h6-7,9-10,13H,5,8,11-12,14-15H2,1-4H3,(H2,25,26,27). The summed E-state index contributed by atoms with van der Waals surface area (Å²) in [7, 11) is 1.47. The maximum atomic E-state index is 12.4. The SMILES string of the molecule is CCNC(=NCc1ccccc1-n1nc(C)cc1C)NCCCN(C)CC(F)(F)F. The highest BCUT2D eigenvalue weighted by molar-refractivity contribution is 5.79. The number of aliphatic imine (C=N–C) groups is 1. The first kappa shape index (κ1) is 23.7. The van der Waals surface area contributed by atoms with Crippen LogP contribution in [0.1, 0.15) is 30.3 Å². The van der Waals surface area contributed by atoms with E-state index in [2.05, 4.69) is 20.7 Å². The van der Waals surface area contributed by atoms with Crippen molar-refractivity contribution in [2.75, 3.05) is 33.2 Å². The topological polar surface area (TPSA) is 57.5 Å².